The van der Waals surface area contributed by atoms with Crippen LogP contribution in [-0.4, -0.2) is 24.7 Å². The Hall–Kier alpha value is -1.09. The number of para-hydroxylation sites is 1. The minimum atomic E-state index is -0.117. The molecule has 1 aliphatic heterocycles. The second kappa shape index (κ2) is 5.49. The normalized spacial score (nSPS) is 27.9. The molecule has 1 aromatic carbocycles. The van der Waals surface area contributed by atoms with Crippen LogP contribution in [0.25, 0.3) is 0 Å². The molecule has 3 heteroatoms. The predicted molar refractivity (Wildman–Crippen MR) is 79.1 cm³/mol. The fourth-order valence-corrected chi connectivity index (χ4v) is 2.79. The molecule has 0 bridgehead atoms. The van der Waals surface area contributed by atoms with Gasteiger partial charge in [-0.2, -0.15) is 0 Å². The first-order chi connectivity index (χ1) is 8.97. The molecule has 0 aromatic heterocycles. The van der Waals surface area contributed by atoms with Crippen molar-refractivity contribution < 1.29 is 4.39 Å². The first-order valence-electron chi connectivity index (χ1n) is 7.23. The summed E-state index contributed by atoms with van der Waals surface area (Å²) in [6.45, 7) is 10.6. The minimum Gasteiger partial charge on any atom is -0.363 e. The molecule has 106 valence electrons. The number of anilines is 1. The van der Waals surface area contributed by atoms with Gasteiger partial charge in [0.25, 0.3) is 0 Å². The zero-order valence-electron chi connectivity index (χ0n) is 12.4. The van der Waals surface area contributed by atoms with E-state index in [4.69, 9.17) is 0 Å². The van der Waals surface area contributed by atoms with E-state index in [0.29, 0.717) is 12.0 Å². The van der Waals surface area contributed by atoms with E-state index in [0.717, 1.165) is 25.2 Å². The van der Waals surface area contributed by atoms with E-state index in [1.54, 1.807) is 12.1 Å². The molecule has 2 unspecified atom stereocenters. The Morgan fingerprint density at radius 3 is 2.68 bits per heavy atom. The standard InChI is InChI=1S/C16H25FN2/c1-5-16(4)11-19(15(10-18-16)12(2)3)14-9-7-6-8-13(14)17/h6-9,12,15,18H,5,10-11H2,1-4H3. The highest BCUT2D eigenvalue weighted by Crippen LogP contribution is 2.29. The summed E-state index contributed by atoms with van der Waals surface area (Å²) in [5.74, 6) is 0.377. The Kier molecular flexibility index (Phi) is 4.14. The van der Waals surface area contributed by atoms with Crippen molar-refractivity contribution in [2.75, 3.05) is 18.0 Å². The van der Waals surface area contributed by atoms with Crippen molar-refractivity contribution in [2.45, 2.75) is 45.7 Å². The van der Waals surface area contributed by atoms with Crippen molar-refractivity contribution >= 4 is 5.69 Å². The van der Waals surface area contributed by atoms with E-state index in [2.05, 4.69) is 37.9 Å². The Labute approximate surface area is 116 Å². The predicted octanol–water partition coefficient (Wildman–Crippen LogP) is 3.43. The highest BCUT2D eigenvalue weighted by molar-refractivity contribution is 5.50. The summed E-state index contributed by atoms with van der Waals surface area (Å²) in [6.07, 6.45) is 1.04. The molecule has 1 saturated heterocycles. The largest absolute Gasteiger partial charge is 0.363 e. The van der Waals surface area contributed by atoms with E-state index in [-0.39, 0.29) is 11.4 Å². The maximum Gasteiger partial charge on any atom is 0.146 e. The van der Waals surface area contributed by atoms with Gasteiger partial charge in [0.2, 0.25) is 0 Å². The summed E-state index contributed by atoms with van der Waals surface area (Å²) in [4.78, 5) is 2.25. The van der Waals surface area contributed by atoms with Gasteiger partial charge in [-0.25, -0.2) is 4.39 Å². The highest BCUT2D eigenvalue weighted by Gasteiger charge is 2.36. The van der Waals surface area contributed by atoms with Gasteiger partial charge in [-0.1, -0.05) is 32.9 Å². The maximum absolute atomic E-state index is 14.1. The Morgan fingerprint density at radius 1 is 1.42 bits per heavy atom. The third kappa shape index (κ3) is 2.92. The molecule has 1 aromatic rings. The molecule has 19 heavy (non-hydrogen) atoms. The Morgan fingerprint density at radius 2 is 2.11 bits per heavy atom. The molecule has 2 nitrogen and oxygen atoms in total. The SMILES string of the molecule is CCC1(C)CN(c2ccccc2F)C(C(C)C)CN1. The van der Waals surface area contributed by atoms with Gasteiger partial charge in [0.15, 0.2) is 0 Å². The number of rotatable bonds is 3. The molecule has 0 radical (unpaired) electrons. The summed E-state index contributed by atoms with van der Waals surface area (Å²) in [6, 6.07) is 7.46. The van der Waals surface area contributed by atoms with Crippen LogP contribution in [0.5, 0.6) is 0 Å². The van der Waals surface area contributed by atoms with Gasteiger partial charge < -0.3 is 10.2 Å². The second-order valence-electron chi connectivity index (χ2n) is 6.19. The zero-order valence-corrected chi connectivity index (χ0v) is 12.4. The van der Waals surface area contributed by atoms with Gasteiger partial charge in [0, 0.05) is 24.7 Å². The van der Waals surface area contributed by atoms with Crippen molar-refractivity contribution in [1.29, 1.82) is 0 Å². The molecular weight excluding hydrogens is 239 g/mol. The monoisotopic (exact) mass is 264 g/mol. The van der Waals surface area contributed by atoms with E-state index < -0.39 is 0 Å². The number of benzene rings is 1. The lowest BCUT2D eigenvalue weighted by Gasteiger charge is -2.48. The summed E-state index contributed by atoms with van der Waals surface area (Å²) in [5.41, 5.74) is 0.801. The third-order valence-electron chi connectivity index (χ3n) is 4.37. The lowest BCUT2D eigenvalue weighted by Crippen LogP contribution is -2.64. The molecule has 0 saturated carbocycles. The van der Waals surface area contributed by atoms with Crippen LogP contribution in [0.2, 0.25) is 0 Å². The topological polar surface area (TPSA) is 15.3 Å². The molecule has 1 fully saturated rings. The Bertz CT molecular complexity index is 433. The van der Waals surface area contributed by atoms with Crippen LogP contribution < -0.4 is 10.2 Å². The lowest BCUT2D eigenvalue weighted by atomic mass is 9.89. The Balaban J connectivity index is 2.33. The number of halogens is 1. The quantitative estimate of drug-likeness (QED) is 0.900. The fraction of sp³-hybridized carbons (Fsp3) is 0.625. The van der Waals surface area contributed by atoms with Crippen molar-refractivity contribution in [3.63, 3.8) is 0 Å². The van der Waals surface area contributed by atoms with E-state index in [1.807, 2.05) is 12.1 Å². The highest BCUT2D eigenvalue weighted by atomic mass is 19.1. The lowest BCUT2D eigenvalue weighted by molar-refractivity contribution is 0.251. The molecule has 2 atom stereocenters. The number of hydrogen-bond acceptors (Lipinski definition) is 2. The van der Waals surface area contributed by atoms with Gasteiger partial charge in [-0.3, -0.25) is 0 Å². The van der Waals surface area contributed by atoms with Crippen LogP contribution in [0.15, 0.2) is 24.3 Å². The summed E-state index contributed by atoms with van der Waals surface area (Å²) >= 11 is 0. The van der Waals surface area contributed by atoms with Gasteiger partial charge >= 0.3 is 0 Å². The van der Waals surface area contributed by atoms with Crippen LogP contribution in [-0.2, 0) is 0 Å². The van der Waals surface area contributed by atoms with E-state index in [9.17, 15) is 4.39 Å². The summed E-state index contributed by atoms with van der Waals surface area (Å²) in [5, 5.41) is 3.63. The van der Waals surface area contributed by atoms with E-state index in [1.165, 1.54) is 0 Å². The summed E-state index contributed by atoms with van der Waals surface area (Å²) < 4.78 is 14.1. The second-order valence-corrected chi connectivity index (χ2v) is 6.19. The molecule has 0 spiro atoms. The third-order valence-corrected chi connectivity index (χ3v) is 4.37. The molecule has 1 aliphatic rings. The van der Waals surface area contributed by atoms with Gasteiger partial charge in [-0.15, -0.1) is 0 Å². The smallest absolute Gasteiger partial charge is 0.146 e. The molecular formula is C16H25FN2. The fourth-order valence-electron chi connectivity index (χ4n) is 2.79. The molecule has 0 amide bonds. The number of nitrogens with one attached hydrogen (secondary N) is 1. The maximum atomic E-state index is 14.1. The van der Waals surface area contributed by atoms with Crippen LogP contribution in [0.3, 0.4) is 0 Å². The average Bonchev–Trinajstić information content (AvgIpc) is 2.39. The van der Waals surface area contributed by atoms with Crippen LogP contribution in [0, 0.1) is 11.7 Å². The average molecular weight is 264 g/mol. The van der Waals surface area contributed by atoms with Gasteiger partial charge in [-0.05, 0) is 31.4 Å². The number of nitrogens with zero attached hydrogens (tertiary/aromatic N) is 1. The van der Waals surface area contributed by atoms with Gasteiger partial charge in [0.1, 0.15) is 5.82 Å². The van der Waals surface area contributed by atoms with E-state index >= 15 is 0 Å². The first kappa shape index (κ1) is 14.3. The number of hydrogen-bond donors (Lipinski definition) is 1. The van der Waals surface area contributed by atoms with Gasteiger partial charge in [0.05, 0.1) is 5.69 Å². The molecule has 1 N–H and O–H groups in total. The summed E-state index contributed by atoms with van der Waals surface area (Å²) in [7, 11) is 0. The minimum absolute atomic E-state index is 0.0632. The van der Waals surface area contributed by atoms with Crippen LogP contribution in [0.1, 0.15) is 34.1 Å². The van der Waals surface area contributed by atoms with Crippen molar-refractivity contribution in [3.8, 4) is 0 Å². The molecule has 0 aliphatic carbocycles. The zero-order chi connectivity index (χ0) is 14.0. The molecule has 2 rings (SSSR count). The molecule has 1 heterocycles. The first-order valence-corrected chi connectivity index (χ1v) is 7.23. The van der Waals surface area contributed by atoms with Crippen LogP contribution >= 0.6 is 0 Å². The van der Waals surface area contributed by atoms with Crippen LogP contribution in [0.4, 0.5) is 10.1 Å². The van der Waals surface area contributed by atoms with Crippen molar-refractivity contribution in [3.05, 3.63) is 30.1 Å². The van der Waals surface area contributed by atoms with Crippen molar-refractivity contribution in [2.24, 2.45) is 5.92 Å². The number of piperazine rings is 1. The van der Waals surface area contributed by atoms with Crippen molar-refractivity contribution in [1.82, 2.24) is 5.32 Å².